The summed E-state index contributed by atoms with van der Waals surface area (Å²) < 4.78 is 0. The zero-order valence-electron chi connectivity index (χ0n) is 15.6. The molecule has 1 heterocycles. The fraction of sp³-hybridized carbons (Fsp3) is 0.842. The molecule has 2 atom stereocenters. The van der Waals surface area contributed by atoms with Gasteiger partial charge in [0.2, 0.25) is 5.91 Å². The minimum absolute atomic E-state index is 0.0675. The molecular formula is C19H34N2O. The molecule has 0 radical (unpaired) electrons. The summed E-state index contributed by atoms with van der Waals surface area (Å²) in [7, 11) is 0. The van der Waals surface area contributed by atoms with Gasteiger partial charge in [0.1, 0.15) is 0 Å². The van der Waals surface area contributed by atoms with Crippen molar-refractivity contribution in [1.29, 1.82) is 0 Å². The quantitative estimate of drug-likeness (QED) is 0.781. The van der Waals surface area contributed by atoms with Crippen molar-refractivity contribution in [3.05, 3.63) is 11.6 Å². The van der Waals surface area contributed by atoms with Crippen LogP contribution in [0.15, 0.2) is 11.6 Å². The molecule has 2 unspecified atom stereocenters. The highest BCUT2D eigenvalue weighted by Gasteiger charge is 2.60. The Hall–Kier alpha value is -0.830. The zero-order chi connectivity index (χ0) is 16.9. The van der Waals surface area contributed by atoms with Crippen molar-refractivity contribution in [3.8, 4) is 0 Å². The van der Waals surface area contributed by atoms with Gasteiger partial charge < -0.3 is 10.6 Å². The average molecular weight is 306 g/mol. The SMILES string of the molecule is CC(C)=CC1C(C(=O)NC2CC(C)(C)NC(C)(C)C2)C1(C)C. The molecule has 22 heavy (non-hydrogen) atoms. The minimum Gasteiger partial charge on any atom is -0.353 e. The second kappa shape index (κ2) is 5.36. The Bertz CT molecular complexity index is 468. The van der Waals surface area contributed by atoms with Gasteiger partial charge in [-0.05, 0) is 65.7 Å². The van der Waals surface area contributed by atoms with Crippen LogP contribution in [0.25, 0.3) is 0 Å². The van der Waals surface area contributed by atoms with Crippen LogP contribution >= 0.6 is 0 Å². The van der Waals surface area contributed by atoms with Crippen LogP contribution in [0.1, 0.15) is 68.2 Å². The third-order valence-electron chi connectivity index (χ3n) is 5.24. The van der Waals surface area contributed by atoms with Crippen molar-refractivity contribution in [3.63, 3.8) is 0 Å². The average Bonchev–Trinajstić information content (AvgIpc) is 2.73. The topological polar surface area (TPSA) is 41.1 Å². The molecule has 0 spiro atoms. The summed E-state index contributed by atoms with van der Waals surface area (Å²) in [6, 6.07) is 0.266. The van der Waals surface area contributed by atoms with E-state index in [-0.39, 0.29) is 34.4 Å². The second-order valence-corrected chi connectivity index (χ2v) is 9.58. The van der Waals surface area contributed by atoms with Crippen molar-refractivity contribution in [1.82, 2.24) is 10.6 Å². The molecule has 0 aromatic rings. The molecule has 1 saturated heterocycles. The Balaban J connectivity index is 2.02. The Morgan fingerprint density at radius 3 is 2.00 bits per heavy atom. The molecular weight excluding hydrogens is 272 g/mol. The van der Waals surface area contributed by atoms with E-state index in [9.17, 15) is 4.79 Å². The van der Waals surface area contributed by atoms with Gasteiger partial charge in [-0.2, -0.15) is 0 Å². The van der Waals surface area contributed by atoms with Gasteiger partial charge in [-0.3, -0.25) is 4.79 Å². The second-order valence-electron chi connectivity index (χ2n) is 9.58. The summed E-state index contributed by atoms with van der Waals surface area (Å²) >= 11 is 0. The molecule has 1 saturated carbocycles. The predicted molar refractivity (Wildman–Crippen MR) is 92.7 cm³/mol. The van der Waals surface area contributed by atoms with E-state index in [2.05, 4.69) is 72.1 Å². The molecule has 1 amide bonds. The highest BCUT2D eigenvalue weighted by Crippen LogP contribution is 2.59. The Kier molecular flexibility index (Phi) is 4.27. The van der Waals surface area contributed by atoms with E-state index in [0.29, 0.717) is 5.92 Å². The number of nitrogens with one attached hydrogen (secondary N) is 2. The van der Waals surface area contributed by atoms with Gasteiger partial charge in [-0.15, -0.1) is 0 Å². The van der Waals surface area contributed by atoms with Crippen LogP contribution in [0.4, 0.5) is 0 Å². The Morgan fingerprint density at radius 2 is 1.55 bits per heavy atom. The molecule has 3 nitrogen and oxygen atoms in total. The summed E-state index contributed by atoms with van der Waals surface area (Å²) in [6.07, 6.45) is 4.24. The number of carbonyl (C=O) groups excluding carboxylic acids is 1. The molecule has 2 fully saturated rings. The predicted octanol–water partition coefficient (Wildman–Crippen LogP) is 3.65. The number of amides is 1. The fourth-order valence-electron chi connectivity index (χ4n) is 4.56. The molecule has 2 aliphatic rings. The lowest BCUT2D eigenvalue weighted by Gasteiger charge is -2.46. The third-order valence-corrected chi connectivity index (χ3v) is 5.24. The third kappa shape index (κ3) is 3.73. The first-order chi connectivity index (χ1) is 9.84. The number of allylic oxidation sites excluding steroid dienone is 2. The van der Waals surface area contributed by atoms with Crippen molar-refractivity contribution < 1.29 is 4.79 Å². The van der Waals surface area contributed by atoms with Crippen molar-refractivity contribution >= 4 is 5.91 Å². The van der Waals surface area contributed by atoms with E-state index < -0.39 is 0 Å². The largest absolute Gasteiger partial charge is 0.353 e. The molecule has 1 aliphatic heterocycles. The van der Waals surface area contributed by atoms with E-state index in [1.165, 1.54) is 5.57 Å². The maximum Gasteiger partial charge on any atom is 0.224 e. The fourth-order valence-corrected chi connectivity index (χ4v) is 4.56. The van der Waals surface area contributed by atoms with Crippen molar-refractivity contribution in [2.75, 3.05) is 0 Å². The van der Waals surface area contributed by atoms with Crippen molar-refractivity contribution in [2.45, 2.75) is 85.4 Å². The van der Waals surface area contributed by atoms with E-state index >= 15 is 0 Å². The minimum atomic E-state index is 0.0675. The van der Waals surface area contributed by atoms with Gasteiger partial charge >= 0.3 is 0 Å². The number of carbonyl (C=O) groups is 1. The van der Waals surface area contributed by atoms with Crippen LogP contribution in [0.5, 0.6) is 0 Å². The van der Waals surface area contributed by atoms with Gasteiger partial charge in [0, 0.05) is 17.1 Å². The number of hydrogen-bond acceptors (Lipinski definition) is 2. The van der Waals surface area contributed by atoms with E-state index in [1.54, 1.807) is 0 Å². The molecule has 0 bridgehead atoms. The van der Waals surface area contributed by atoms with Crippen LogP contribution in [0.2, 0.25) is 0 Å². The lowest BCUT2D eigenvalue weighted by molar-refractivity contribution is -0.124. The first-order valence-corrected chi connectivity index (χ1v) is 8.59. The summed E-state index contributed by atoms with van der Waals surface area (Å²) in [5.41, 5.74) is 1.53. The molecule has 2 rings (SSSR count). The first kappa shape index (κ1) is 17.5. The van der Waals surface area contributed by atoms with Gasteiger partial charge in [-0.1, -0.05) is 25.5 Å². The van der Waals surface area contributed by atoms with Crippen LogP contribution in [0, 0.1) is 17.3 Å². The van der Waals surface area contributed by atoms with Crippen LogP contribution in [-0.2, 0) is 4.79 Å². The van der Waals surface area contributed by atoms with Gasteiger partial charge in [-0.25, -0.2) is 0 Å². The molecule has 3 heteroatoms. The van der Waals surface area contributed by atoms with E-state index in [1.807, 2.05) is 0 Å². The highest BCUT2D eigenvalue weighted by molar-refractivity contribution is 5.84. The standard InChI is InChI=1S/C19H34N2O/c1-12(2)9-14-15(19(14,7)8)16(22)20-13-10-17(3,4)21-18(5,6)11-13/h9,13-15,21H,10-11H2,1-8H3,(H,20,22). The summed E-state index contributed by atoms with van der Waals surface area (Å²) in [4.78, 5) is 12.7. The molecule has 1 aliphatic carbocycles. The zero-order valence-corrected chi connectivity index (χ0v) is 15.6. The van der Waals surface area contributed by atoms with Gasteiger partial charge in [0.15, 0.2) is 0 Å². The monoisotopic (exact) mass is 306 g/mol. The maximum atomic E-state index is 12.7. The lowest BCUT2D eigenvalue weighted by Crippen LogP contribution is -2.62. The summed E-state index contributed by atoms with van der Waals surface area (Å²) in [6.45, 7) is 17.5. The molecule has 126 valence electrons. The smallest absolute Gasteiger partial charge is 0.224 e. The first-order valence-electron chi connectivity index (χ1n) is 8.59. The van der Waals surface area contributed by atoms with E-state index in [0.717, 1.165) is 12.8 Å². The maximum absolute atomic E-state index is 12.7. The molecule has 2 N–H and O–H groups in total. The van der Waals surface area contributed by atoms with Crippen LogP contribution < -0.4 is 10.6 Å². The highest BCUT2D eigenvalue weighted by atomic mass is 16.2. The molecule has 0 aromatic carbocycles. The Labute approximate surface area is 136 Å². The number of piperidine rings is 1. The summed E-state index contributed by atoms with van der Waals surface area (Å²) in [5.74, 6) is 0.759. The number of rotatable bonds is 3. The number of hydrogen-bond donors (Lipinski definition) is 2. The van der Waals surface area contributed by atoms with E-state index in [4.69, 9.17) is 0 Å². The normalized spacial score (nSPS) is 32.2. The summed E-state index contributed by atoms with van der Waals surface area (Å²) in [5, 5.41) is 7.01. The Morgan fingerprint density at radius 1 is 1.05 bits per heavy atom. The van der Waals surface area contributed by atoms with Gasteiger partial charge in [0.25, 0.3) is 0 Å². The molecule has 0 aromatic heterocycles. The van der Waals surface area contributed by atoms with Crippen molar-refractivity contribution in [2.24, 2.45) is 17.3 Å². The van der Waals surface area contributed by atoms with Crippen LogP contribution in [0.3, 0.4) is 0 Å². The van der Waals surface area contributed by atoms with Crippen LogP contribution in [-0.4, -0.2) is 23.0 Å². The lowest BCUT2D eigenvalue weighted by atomic mass is 9.79. The van der Waals surface area contributed by atoms with Gasteiger partial charge in [0.05, 0.1) is 5.92 Å².